The van der Waals surface area contributed by atoms with Crippen molar-refractivity contribution in [1.82, 2.24) is 4.72 Å². The Morgan fingerprint density at radius 3 is 2.28 bits per heavy atom. The van der Waals surface area contributed by atoms with Gasteiger partial charge in [-0.25, -0.2) is 13.1 Å². The molecule has 5 nitrogen and oxygen atoms in total. The average molecular weight is 360 g/mol. The molecule has 0 spiro atoms. The molecule has 2 aromatic carbocycles. The van der Waals surface area contributed by atoms with Crippen molar-refractivity contribution < 1.29 is 13.2 Å². The predicted octanol–water partition coefficient (Wildman–Crippen LogP) is 2.97. The number of anilines is 1. The highest BCUT2D eigenvalue weighted by atomic mass is 32.2. The van der Waals surface area contributed by atoms with Crippen molar-refractivity contribution in [3.05, 3.63) is 60.2 Å². The Bertz CT molecular complexity index is 787. The summed E-state index contributed by atoms with van der Waals surface area (Å²) in [6.07, 6.45) is 1.68. The number of rotatable bonds is 8. The smallest absolute Gasteiger partial charge is 0.240 e. The van der Waals surface area contributed by atoms with Gasteiger partial charge in [0.05, 0.1) is 4.90 Å². The van der Waals surface area contributed by atoms with Gasteiger partial charge in [-0.15, -0.1) is 0 Å². The van der Waals surface area contributed by atoms with Gasteiger partial charge in [0.15, 0.2) is 0 Å². The number of aryl methyl sites for hydroxylation is 1. The number of hydrogen-bond acceptors (Lipinski definition) is 3. The topological polar surface area (TPSA) is 66.5 Å². The molecule has 134 valence electrons. The first kappa shape index (κ1) is 19.1. The Morgan fingerprint density at radius 2 is 1.68 bits per heavy atom. The zero-order valence-corrected chi connectivity index (χ0v) is 15.4. The third kappa shape index (κ3) is 5.41. The van der Waals surface area contributed by atoms with E-state index >= 15 is 0 Å². The average Bonchev–Trinajstić information content (AvgIpc) is 2.65. The van der Waals surface area contributed by atoms with Crippen molar-refractivity contribution in [3.63, 3.8) is 0 Å². The molecule has 0 radical (unpaired) electrons. The van der Waals surface area contributed by atoms with Crippen LogP contribution in [0.2, 0.25) is 0 Å². The van der Waals surface area contributed by atoms with E-state index < -0.39 is 10.0 Å². The van der Waals surface area contributed by atoms with Crippen LogP contribution >= 0.6 is 0 Å². The van der Waals surface area contributed by atoms with Gasteiger partial charge in [-0.3, -0.25) is 4.79 Å². The molecule has 0 heterocycles. The van der Waals surface area contributed by atoms with Crippen molar-refractivity contribution in [2.45, 2.75) is 31.1 Å². The maximum Gasteiger partial charge on any atom is 0.240 e. The minimum atomic E-state index is -3.45. The van der Waals surface area contributed by atoms with E-state index in [2.05, 4.69) is 4.72 Å². The molecule has 2 aromatic rings. The van der Waals surface area contributed by atoms with Gasteiger partial charge in [-0.05, 0) is 42.7 Å². The van der Waals surface area contributed by atoms with Gasteiger partial charge in [-0.1, -0.05) is 37.3 Å². The van der Waals surface area contributed by atoms with Crippen LogP contribution in [0.4, 0.5) is 5.69 Å². The van der Waals surface area contributed by atoms with Crippen LogP contribution in [0.15, 0.2) is 59.5 Å². The van der Waals surface area contributed by atoms with Crippen LogP contribution in [0.5, 0.6) is 0 Å². The summed E-state index contributed by atoms with van der Waals surface area (Å²) < 4.78 is 26.6. The van der Waals surface area contributed by atoms with E-state index in [9.17, 15) is 13.2 Å². The monoisotopic (exact) mass is 360 g/mol. The highest BCUT2D eigenvalue weighted by Gasteiger charge is 2.14. The normalized spacial score (nSPS) is 11.3. The molecule has 0 atom stereocenters. The number of hydrogen-bond donors (Lipinski definition) is 1. The molecule has 2 rings (SSSR count). The SMILES string of the molecule is CCCNS(=O)(=O)c1ccc(CCC(=O)N(C)c2ccccc2)cc1. The number of amides is 1. The lowest BCUT2D eigenvalue weighted by Crippen LogP contribution is -2.26. The molecule has 25 heavy (non-hydrogen) atoms. The summed E-state index contributed by atoms with van der Waals surface area (Å²) in [5.41, 5.74) is 1.79. The minimum absolute atomic E-state index is 0.0208. The van der Waals surface area contributed by atoms with Crippen molar-refractivity contribution in [1.29, 1.82) is 0 Å². The third-order valence-corrected chi connectivity index (χ3v) is 5.40. The Kier molecular flexibility index (Phi) is 6.73. The summed E-state index contributed by atoms with van der Waals surface area (Å²) in [4.78, 5) is 14.2. The number of nitrogens with one attached hydrogen (secondary N) is 1. The lowest BCUT2D eigenvalue weighted by Gasteiger charge is -2.17. The van der Waals surface area contributed by atoms with Gasteiger partial charge < -0.3 is 4.90 Å². The molecule has 0 aromatic heterocycles. The molecule has 0 saturated carbocycles. The molecule has 0 bridgehead atoms. The quantitative estimate of drug-likeness (QED) is 0.787. The molecule has 0 fully saturated rings. The molecular weight excluding hydrogens is 336 g/mol. The number of nitrogens with zero attached hydrogens (tertiary/aromatic N) is 1. The Morgan fingerprint density at radius 1 is 1.04 bits per heavy atom. The second-order valence-electron chi connectivity index (χ2n) is 5.83. The molecule has 0 aliphatic carbocycles. The lowest BCUT2D eigenvalue weighted by atomic mass is 10.1. The largest absolute Gasteiger partial charge is 0.315 e. The number of carbonyl (C=O) groups is 1. The van der Waals surface area contributed by atoms with Gasteiger partial charge >= 0.3 is 0 Å². The fourth-order valence-corrected chi connectivity index (χ4v) is 3.50. The second-order valence-corrected chi connectivity index (χ2v) is 7.60. The molecule has 6 heteroatoms. The maximum absolute atomic E-state index is 12.3. The number of sulfonamides is 1. The summed E-state index contributed by atoms with van der Waals surface area (Å²) >= 11 is 0. The second kappa shape index (κ2) is 8.78. The number of para-hydroxylation sites is 1. The fourth-order valence-electron chi connectivity index (χ4n) is 2.37. The van der Waals surface area contributed by atoms with E-state index in [1.54, 1.807) is 36.2 Å². The van der Waals surface area contributed by atoms with Crippen LogP contribution in [0.3, 0.4) is 0 Å². The van der Waals surface area contributed by atoms with Crippen LogP contribution in [0.1, 0.15) is 25.3 Å². The van der Waals surface area contributed by atoms with Crippen LogP contribution < -0.4 is 9.62 Å². The van der Waals surface area contributed by atoms with Crippen LogP contribution in [0.25, 0.3) is 0 Å². The van der Waals surface area contributed by atoms with Crippen molar-refractivity contribution in [2.75, 3.05) is 18.5 Å². The Balaban J connectivity index is 1.94. The molecule has 1 N–H and O–H groups in total. The van der Waals surface area contributed by atoms with Gasteiger partial charge in [0.25, 0.3) is 0 Å². The van der Waals surface area contributed by atoms with Crippen molar-refractivity contribution in [2.24, 2.45) is 0 Å². The van der Waals surface area contributed by atoms with E-state index in [0.29, 0.717) is 19.4 Å². The van der Waals surface area contributed by atoms with Crippen LogP contribution in [-0.2, 0) is 21.2 Å². The Labute approximate surface area is 149 Å². The van der Waals surface area contributed by atoms with Gasteiger partial charge in [-0.2, -0.15) is 0 Å². The highest BCUT2D eigenvalue weighted by molar-refractivity contribution is 7.89. The summed E-state index contributed by atoms with van der Waals surface area (Å²) in [5.74, 6) is 0.0208. The molecule has 0 unspecified atom stereocenters. The number of benzene rings is 2. The molecular formula is C19H24N2O3S. The van der Waals surface area contributed by atoms with Gasteiger partial charge in [0, 0.05) is 25.7 Å². The summed E-state index contributed by atoms with van der Waals surface area (Å²) in [6.45, 7) is 2.33. The lowest BCUT2D eigenvalue weighted by molar-refractivity contribution is -0.118. The predicted molar refractivity (Wildman–Crippen MR) is 100 cm³/mol. The molecule has 0 aliphatic rings. The van der Waals surface area contributed by atoms with Gasteiger partial charge in [0.1, 0.15) is 0 Å². The summed E-state index contributed by atoms with van der Waals surface area (Å²) in [6, 6.07) is 16.2. The van der Waals surface area contributed by atoms with E-state index in [1.807, 2.05) is 37.3 Å². The fraction of sp³-hybridized carbons (Fsp3) is 0.316. The maximum atomic E-state index is 12.3. The molecule has 0 aliphatic heterocycles. The first-order valence-electron chi connectivity index (χ1n) is 8.34. The summed E-state index contributed by atoms with van der Waals surface area (Å²) in [5, 5.41) is 0. The van der Waals surface area contributed by atoms with Crippen molar-refractivity contribution >= 4 is 21.6 Å². The molecule has 0 saturated heterocycles. The van der Waals surface area contributed by atoms with E-state index in [4.69, 9.17) is 0 Å². The van der Waals surface area contributed by atoms with E-state index in [-0.39, 0.29) is 10.8 Å². The highest BCUT2D eigenvalue weighted by Crippen LogP contribution is 2.15. The van der Waals surface area contributed by atoms with Crippen molar-refractivity contribution in [3.8, 4) is 0 Å². The van der Waals surface area contributed by atoms with Crippen LogP contribution in [-0.4, -0.2) is 27.9 Å². The standard InChI is InChI=1S/C19H24N2O3S/c1-3-15-20-25(23,24)18-12-9-16(10-13-18)11-14-19(22)21(2)17-7-5-4-6-8-17/h4-10,12-13,20H,3,11,14-15H2,1-2H3. The first-order chi connectivity index (χ1) is 11.9. The zero-order valence-electron chi connectivity index (χ0n) is 14.6. The summed E-state index contributed by atoms with van der Waals surface area (Å²) in [7, 11) is -1.69. The zero-order chi connectivity index (χ0) is 18.3. The number of carbonyl (C=O) groups excluding carboxylic acids is 1. The third-order valence-electron chi connectivity index (χ3n) is 3.92. The Hall–Kier alpha value is -2.18. The van der Waals surface area contributed by atoms with Crippen LogP contribution in [0, 0.1) is 0 Å². The molecule has 1 amide bonds. The van der Waals surface area contributed by atoms with Gasteiger partial charge in [0.2, 0.25) is 15.9 Å². The van der Waals surface area contributed by atoms with E-state index in [0.717, 1.165) is 17.7 Å². The first-order valence-corrected chi connectivity index (χ1v) is 9.82. The minimum Gasteiger partial charge on any atom is -0.315 e. The van der Waals surface area contributed by atoms with E-state index in [1.165, 1.54) is 0 Å².